The van der Waals surface area contributed by atoms with E-state index in [1.54, 1.807) is 11.3 Å². The fourth-order valence-corrected chi connectivity index (χ4v) is 3.41. The lowest BCUT2D eigenvalue weighted by molar-refractivity contribution is 0.429. The molecule has 1 atom stereocenters. The average molecular weight is 297 g/mol. The summed E-state index contributed by atoms with van der Waals surface area (Å²) in [5, 5.41) is 7.10. The third-order valence-corrected chi connectivity index (χ3v) is 4.64. The van der Waals surface area contributed by atoms with E-state index < -0.39 is 0 Å². The molecule has 0 aliphatic heterocycles. The molecule has 3 heteroatoms. The second-order valence-corrected chi connectivity index (χ2v) is 7.00. The van der Waals surface area contributed by atoms with Crippen molar-refractivity contribution >= 4 is 11.3 Å². The first-order valence-corrected chi connectivity index (χ1v) is 9.19. The van der Waals surface area contributed by atoms with Crippen LogP contribution in [0, 0.1) is 6.92 Å². The van der Waals surface area contributed by atoms with E-state index in [-0.39, 0.29) is 0 Å². The number of nitrogens with one attached hydrogen (secondary N) is 1. The van der Waals surface area contributed by atoms with Crippen molar-refractivity contribution in [2.45, 2.75) is 91.1 Å². The second-order valence-electron chi connectivity index (χ2n) is 6.11. The van der Waals surface area contributed by atoms with Gasteiger partial charge in [0.25, 0.3) is 0 Å². The van der Waals surface area contributed by atoms with E-state index in [1.165, 1.54) is 56.4 Å². The molecule has 1 aromatic rings. The molecule has 1 unspecified atom stereocenters. The van der Waals surface area contributed by atoms with E-state index in [9.17, 15) is 0 Å². The molecule has 0 bridgehead atoms. The fourth-order valence-electron chi connectivity index (χ4n) is 2.52. The fraction of sp³-hybridized carbons (Fsp3) is 0.824. The highest BCUT2D eigenvalue weighted by Crippen LogP contribution is 2.24. The van der Waals surface area contributed by atoms with Gasteiger partial charge in [-0.2, -0.15) is 0 Å². The Hall–Kier alpha value is -0.410. The second kappa shape index (κ2) is 10.3. The smallest absolute Gasteiger partial charge is 0.110 e. The van der Waals surface area contributed by atoms with Crippen molar-refractivity contribution in [3.63, 3.8) is 0 Å². The van der Waals surface area contributed by atoms with Crippen molar-refractivity contribution in [2.24, 2.45) is 0 Å². The van der Waals surface area contributed by atoms with Crippen LogP contribution in [0.1, 0.15) is 88.9 Å². The van der Waals surface area contributed by atoms with Crippen LogP contribution in [-0.4, -0.2) is 11.0 Å². The van der Waals surface area contributed by atoms with E-state index in [1.807, 2.05) is 0 Å². The van der Waals surface area contributed by atoms with Gasteiger partial charge < -0.3 is 5.32 Å². The summed E-state index contributed by atoms with van der Waals surface area (Å²) in [4.78, 5) is 4.66. The average Bonchev–Trinajstić information content (AvgIpc) is 2.82. The third kappa shape index (κ3) is 7.39. The van der Waals surface area contributed by atoms with Crippen molar-refractivity contribution in [3.8, 4) is 0 Å². The molecule has 0 radical (unpaired) electrons. The molecule has 0 aliphatic rings. The van der Waals surface area contributed by atoms with Gasteiger partial charge in [-0.15, -0.1) is 11.3 Å². The lowest BCUT2D eigenvalue weighted by Gasteiger charge is -2.19. The number of nitrogens with zero attached hydrogens (tertiary/aromatic N) is 1. The molecule has 0 saturated heterocycles. The molecular formula is C17H32N2S. The predicted molar refractivity (Wildman–Crippen MR) is 90.5 cm³/mol. The summed E-state index contributed by atoms with van der Waals surface area (Å²) < 4.78 is 0. The molecule has 1 aromatic heterocycles. The first-order chi connectivity index (χ1) is 9.63. The summed E-state index contributed by atoms with van der Waals surface area (Å²) >= 11 is 1.80. The Bertz CT molecular complexity index is 347. The van der Waals surface area contributed by atoms with Gasteiger partial charge in [0.05, 0.1) is 6.04 Å². The molecule has 0 amide bonds. The number of unbranched alkanes of at least 4 members (excludes halogenated alkanes) is 6. The number of aryl methyl sites for hydroxylation is 1. The molecule has 116 valence electrons. The van der Waals surface area contributed by atoms with Crippen LogP contribution in [0.5, 0.6) is 0 Å². The quantitative estimate of drug-likeness (QED) is 0.535. The number of aromatic nitrogens is 1. The SMILES string of the molecule is CCCCCCCCCC(NC(C)C)c1nc(C)cs1. The minimum absolute atomic E-state index is 0.448. The van der Waals surface area contributed by atoms with E-state index >= 15 is 0 Å². The van der Waals surface area contributed by atoms with Crippen LogP contribution < -0.4 is 5.32 Å². The van der Waals surface area contributed by atoms with Gasteiger partial charge >= 0.3 is 0 Å². The summed E-state index contributed by atoms with van der Waals surface area (Å²) in [6, 6.07) is 0.970. The number of thiazole rings is 1. The van der Waals surface area contributed by atoms with Crippen LogP contribution in [0.25, 0.3) is 0 Å². The minimum atomic E-state index is 0.448. The van der Waals surface area contributed by atoms with E-state index in [2.05, 4.69) is 43.4 Å². The number of hydrogen-bond acceptors (Lipinski definition) is 3. The van der Waals surface area contributed by atoms with Crippen LogP contribution in [0.3, 0.4) is 0 Å². The lowest BCUT2D eigenvalue weighted by atomic mass is 10.0. The van der Waals surface area contributed by atoms with Crippen LogP contribution in [0.15, 0.2) is 5.38 Å². The molecule has 0 fully saturated rings. The van der Waals surface area contributed by atoms with Gasteiger partial charge in [-0.25, -0.2) is 4.98 Å². The van der Waals surface area contributed by atoms with Gasteiger partial charge in [-0.05, 0) is 13.3 Å². The van der Waals surface area contributed by atoms with Crippen LogP contribution in [0.2, 0.25) is 0 Å². The number of rotatable bonds is 11. The maximum absolute atomic E-state index is 4.66. The van der Waals surface area contributed by atoms with Crippen molar-refractivity contribution in [1.29, 1.82) is 0 Å². The molecule has 1 heterocycles. The first kappa shape index (κ1) is 17.6. The molecular weight excluding hydrogens is 264 g/mol. The standard InChI is InChI=1S/C17H32N2S/c1-5-6-7-8-9-10-11-12-16(18-14(2)3)17-19-15(4)13-20-17/h13-14,16,18H,5-12H2,1-4H3. The number of hydrogen-bond donors (Lipinski definition) is 1. The Kier molecular flexibility index (Phi) is 9.12. The maximum Gasteiger partial charge on any atom is 0.110 e. The summed E-state index contributed by atoms with van der Waals surface area (Å²) in [5.74, 6) is 0. The van der Waals surface area contributed by atoms with E-state index in [0.717, 1.165) is 5.69 Å². The summed E-state index contributed by atoms with van der Waals surface area (Å²) in [7, 11) is 0. The Morgan fingerprint density at radius 3 is 2.30 bits per heavy atom. The first-order valence-electron chi connectivity index (χ1n) is 8.31. The van der Waals surface area contributed by atoms with Crippen LogP contribution in [-0.2, 0) is 0 Å². The van der Waals surface area contributed by atoms with Crippen LogP contribution >= 0.6 is 11.3 Å². The molecule has 0 spiro atoms. The largest absolute Gasteiger partial charge is 0.306 e. The highest BCUT2D eigenvalue weighted by atomic mass is 32.1. The summed E-state index contributed by atoms with van der Waals surface area (Å²) in [6.45, 7) is 8.80. The summed E-state index contributed by atoms with van der Waals surface area (Å²) in [6.07, 6.45) is 10.9. The minimum Gasteiger partial charge on any atom is -0.306 e. The normalized spacial score (nSPS) is 13.1. The van der Waals surface area contributed by atoms with Crippen molar-refractivity contribution in [1.82, 2.24) is 10.3 Å². The van der Waals surface area contributed by atoms with E-state index in [4.69, 9.17) is 0 Å². The monoisotopic (exact) mass is 296 g/mol. The van der Waals surface area contributed by atoms with Gasteiger partial charge in [0.1, 0.15) is 5.01 Å². The predicted octanol–water partition coefficient (Wildman–Crippen LogP) is 5.63. The molecule has 0 saturated carbocycles. The zero-order valence-corrected chi connectivity index (χ0v) is 14.6. The zero-order chi connectivity index (χ0) is 14.8. The summed E-state index contributed by atoms with van der Waals surface area (Å²) in [5.41, 5.74) is 1.15. The Balaban J connectivity index is 2.27. The zero-order valence-electron chi connectivity index (χ0n) is 13.7. The topological polar surface area (TPSA) is 24.9 Å². The van der Waals surface area contributed by atoms with Crippen LogP contribution in [0.4, 0.5) is 0 Å². The Labute approximate surface area is 129 Å². The Morgan fingerprint density at radius 2 is 1.75 bits per heavy atom. The lowest BCUT2D eigenvalue weighted by Crippen LogP contribution is -2.28. The van der Waals surface area contributed by atoms with E-state index in [0.29, 0.717) is 12.1 Å². The molecule has 0 aliphatic carbocycles. The molecule has 20 heavy (non-hydrogen) atoms. The molecule has 1 rings (SSSR count). The molecule has 0 aromatic carbocycles. The van der Waals surface area contributed by atoms with Gasteiger partial charge in [-0.3, -0.25) is 0 Å². The molecule has 2 nitrogen and oxygen atoms in total. The molecule has 1 N–H and O–H groups in total. The highest BCUT2D eigenvalue weighted by Gasteiger charge is 2.15. The van der Waals surface area contributed by atoms with Crippen molar-refractivity contribution < 1.29 is 0 Å². The maximum atomic E-state index is 4.66. The van der Waals surface area contributed by atoms with Crippen molar-refractivity contribution in [2.75, 3.05) is 0 Å². The van der Waals surface area contributed by atoms with Gasteiger partial charge in [0.15, 0.2) is 0 Å². The van der Waals surface area contributed by atoms with Gasteiger partial charge in [-0.1, -0.05) is 65.7 Å². The third-order valence-electron chi connectivity index (χ3n) is 3.57. The Morgan fingerprint density at radius 1 is 1.10 bits per heavy atom. The van der Waals surface area contributed by atoms with Gasteiger partial charge in [0.2, 0.25) is 0 Å². The highest BCUT2D eigenvalue weighted by molar-refractivity contribution is 7.09. The van der Waals surface area contributed by atoms with Gasteiger partial charge in [0, 0.05) is 17.1 Å². The van der Waals surface area contributed by atoms with Crippen molar-refractivity contribution in [3.05, 3.63) is 16.1 Å².